The van der Waals surface area contributed by atoms with E-state index in [1.165, 1.54) is 20.8 Å². The van der Waals surface area contributed by atoms with E-state index in [2.05, 4.69) is 47.6 Å². The predicted octanol–water partition coefficient (Wildman–Crippen LogP) is 1.87. The van der Waals surface area contributed by atoms with Gasteiger partial charge in [0.05, 0.1) is 22.0 Å². The molecule has 0 bridgehead atoms. The van der Waals surface area contributed by atoms with Gasteiger partial charge in [-0.3, -0.25) is 4.79 Å². The smallest absolute Gasteiger partial charge is 0.263 e. The minimum absolute atomic E-state index is 0. The number of nitrogens with two attached hydrogens (primary N) is 1. The maximum atomic E-state index is 13.0. The molecular weight excluding hydrogens is 537 g/mol. The molecule has 0 saturated heterocycles. The minimum Gasteiger partial charge on any atom is -1.00 e. The molecule has 2 heterocycles. The summed E-state index contributed by atoms with van der Waals surface area (Å²) in [7, 11) is 0. The number of hydrogen-bond donors (Lipinski definition) is 1. The maximum Gasteiger partial charge on any atom is 0.263 e. The fourth-order valence-electron chi connectivity index (χ4n) is 3.98. The first kappa shape index (κ1) is 22.1. The van der Waals surface area contributed by atoms with Gasteiger partial charge in [-0.2, -0.15) is 4.57 Å². The highest BCUT2D eigenvalue weighted by molar-refractivity contribution is 8.03. The van der Waals surface area contributed by atoms with Crippen molar-refractivity contribution in [2.24, 2.45) is 5.73 Å². The first-order valence-corrected chi connectivity index (χ1v) is 11.7. The third-order valence-corrected chi connectivity index (χ3v) is 7.74. The molecular formula is C24H22IN3OS2. The van der Waals surface area contributed by atoms with Gasteiger partial charge >= 0.3 is 0 Å². The van der Waals surface area contributed by atoms with Crippen molar-refractivity contribution >= 4 is 50.9 Å². The van der Waals surface area contributed by atoms with Crippen LogP contribution in [-0.2, 0) is 11.3 Å². The summed E-state index contributed by atoms with van der Waals surface area (Å²) in [6.07, 6.45) is 3.89. The number of aryl methyl sites for hydroxylation is 1. The van der Waals surface area contributed by atoms with Gasteiger partial charge in [0.1, 0.15) is 11.2 Å². The Bertz CT molecular complexity index is 1290. The number of thiazole rings is 1. The summed E-state index contributed by atoms with van der Waals surface area (Å²) >= 11 is 3.38. The van der Waals surface area contributed by atoms with Gasteiger partial charge in [0.15, 0.2) is 5.78 Å². The van der Waals surface area contributed by atoms with Crippen LogP contribution in [0.4, 0.5) is 5.69 Å². The van der Waals surface area contributed by atoms with E-state index < -0.39 is 0 Å². The summed E-state index contributed by atoms with van der Waals surface area (Å²) in [5.41, 5.74) is 10.6. The Labute approximate surface area is 207 Å². The first-order chi connectivity index (χ1) is 14.6. The Morgan fingerprint density at radius 3 is 2.55 bits per heavy atom. The van der Waals surface area contributed by atoms with Crippen molar-refractivity contribution in [1.29, 1.82) is 0 Å². The summed E-state index contributed by atoms with van der Waals surface area (Å²) in [5.74, 6) is 0.0210. The maximum absolute atomic E-state index is 13.0. The molecule has 3 aromatic rings. The molecule has 7 heteroatoms. The van der Waals surface area contributed by atoms with Crippen LogP contribution in [0.15, 0.2) is 81.4 Å². The van der Waals surface area contributed by atoms with E-state index >= 15 is 0 Å². The third-order valence-electron chi connectivity index (χ3n) is 5.51. The number of anilines is 1. The summed E-state index contributed by atoms with van der Waals surface area (Å²) in [6, 6.07) is 16.6. The summed E-state index contributed by atoms with van der Waals surface area (Å²) < 4.78 is 3.44. The molecule has 1 aliphatic heterocycles. The van der Waals surface area contributed by atoms with Crippen molar-refractivity contribution in [2.45, 2.75) is 25.3 Å². The molecule has 0 radical (unpaired) electrons. The quantitative estimate of drug-likeness (QED) is 0.302. The molecule has 2 aromatic carbocycles. The summed E-state index contributed by atoms with van der Waals surface area (Å²) in [6.45, 7) is 5.93. The molecule has 1 aliphatic carbocycles. The Balaban J connectivity index is 0.00000231. The number of rotatable bonds is 4. The summed E-state index contributed by atoms with van der Waals surface area (Å²) in [5, 5.41) is 2.10. The lowest BCUT2D eigenvalue weighted by Crippen LogP contribution is -3.00. The zero-order chi connectivity index (χ0) is 20.8. The number of carbonyl (C=O) groups excluding carboxylic acids is 1. The van der Waals surface area contributed by atoms with Gasteiger partial charge in [-0.15, -0.1) is 0 Å². The van der Waals surface area contributed by atoms with E-state index in [0.717, 1.165) is 23.1 Å². The van der Waals surface area contributed by atoms with Gasteiger partial charge in [-0.25, -0.2) is 0 Å². The average Bonchev–Trinajstić information content (AvgIpc) is 3.32. The molecule has 4 nitrogen and oxygen atoms in total. The van der Waals surface area contributed by atoms with Gasteiger partial charge in [-0.1, -0.05) is 47.4 Å². The monoisotopic (exact) mass is 559 g/mol. The number of hydrogen-bond acceptors (Lipinski definition) is 5. The van der Waals surface area contributed by atoms with Crippen LogP contribution >= 0.6 is 23.1 Å². The number of aromatic nitrogens is 1. The highest BCUT2D eigenvalue weighted by Gasteiger charge is 2.34. The van der Waals surface area contributed by atoms with E-state index in [1.54, 1.807) is 23.1 Å². The number of halogens is 1. The van der Waals surface area contributed by atoms with Crippen LogP contribution in [-0.4, -0.2) is 12.3 Å². The fraction of sp³-hybridized carbons (Fsp3) is 0.167. The Morgan fingerprint density at radius 1 is 1.06 bits per heavy atom. The molecule has 0 spiro atoms. The van der Waals surface area contributed by atoms with Crippen LogP contribution in [0.1, 0.15) is 18.9 Å². The third kappa shape index (κ3) is 3.62. The number of nitrogens with zero attached hydrogens (tertiary/aromatic N) is 2. The molecule has 5 rings (SSSR count). The van der Waals surface area contributed by atoms with Crippen molar-refractivity contribution in [3.05, 3.63) is 81.5 Å². The molecule has 1 aromatic heterocycles. The molecule has 0 unspecified atom stereocenters. The largest absolute Gasteiger partial charge is 1.00 e. The Kier molecular flexibility index (Phi) is 6.27. The van der Waals surface area contributed by atoms with Crippen molar-refractivity contribution in [2.75, 3.05) is 11.4 Å². The van der Waals surface area contributed by atoms with Gasteiger partial charge in [0.25, 0.3) is 5.01 Å². The Hall–Kier alpha value is -2.10. The number of fused-ring (bicyclic) bond motifs is 2. The van der Waals surface area contributed by atoms with Gasteiger partial charge in [0, 0.05) is 29.2 Å². The lowest BCUT2D eigenvalue weighted by atomic mass is 9.86. The highest BCUT2D eigenvalue weighted by Crippen LogP contribution is 2.46. The van der Waals surface area contributed by atoms with Crippen molar-refractivity contribution < 1.29 is 33.3 Å². The second-order valence-corrected chi connectivity index (χ2v) is 9.29. The summed E-state index contributed by atoms with van der Waals surface area (Å²) in [4.78, 5) is 16.4. The standard InChI is InChI=1S/C24H21N3OS2.HI/c1-3-26-17-9-5-7-11-19(17)29-21(26)13-15-23(25)16(24(15)28)14-22-27(4-2)18-10-6-8-12-20(18)30-22;/h5-14H,3-4H2,1-2H3,(H-,25,28);1H. The lowest BCUT2D eigenvalue weighted by Gasteiger charge is -2.23. The molecule has 0 saturated carbocycles. The zero-order valence-corrected chi connectivity index (χ0v) is 21.1. The minimum atomic E-state index is 0. The van der Waals surface area contributed by atoms with Crippen LogP contribution in [0, 0.1) is 0 Å². The molecule has 158 valence electrons. The second kappa shape index (κ2) is 8.80. The van der Waals surface area contributed by atoms with Gasteiger partial charge in [-0.05, 0) is 38.1 Å². The first-order valence-electron chi connectivity index (χ1n) is 10.1. The topological polar surface area (TPSA) is 50.2 Å². The fourth-order valence-corrected chi connectivity index (χ4v) is 6.32. The van der Waals surface area contributed by atoms with Crippen molar-refractivity contribution in [1.82, 2.24) is 0 Å². The predicted molar refractivity (Wildman–Crippen MR) is 125 cm³/mol. The van der Waals surface area contributed by atoms with Crippen LogP contribution in [0.25, 0.3) is 16.3 Å². The number of ketones is 1. The van der Waals surface area contributed by atoms with Crippen molar-refractivity contribution in [3.63, 3.8) is 0 Å². The van der Waals surface area contributed by atoms with Crippen LogP contribution in [0.5, 0.6) is 0 Å². The molecule has 31 heavy (non-hydrogen) atoms. The number of benzene rings is 2. The number of allylic oxidation sites excluding steroid dienone is 3. The van der Waals surface area contributed by atoms with E-state index in [0.29, 0.717) is 16.8 Å². The zero-order valence-electron chi connectivity index (χ0n) is 17.3. The number of Topliss-reactive ketones (excluding diaryl/α,β-unsaturated/α-hetero) is 1. The van der Waals surface area contributed by atoms with Crippen LogP contribution < -0.4 is 39.2 Å². The number of para-hydroxylation sites is 2. The van der Waals surface area contributed by atoms with E-state index in [4.69, 9.17) is 5.73 Å². The lowest BCUT2D eigenvalue weighted by molar-refractivity contribution is -0.665. The van der Waals surface area contributed by atoms with E-state index in [-0.39, 0.29) is 29.8 Å². The van der Waals surface area contributed by atoms with E-state index in [9.17, 15) is 4.79 Å². The molecule has 0 amide bonds. The highest BCUT2D eigenvalue weighted by atomic mass is 127. The Morgan fingerprint density at radius 2 is 1.81 bits per heavy atom. The second-order valence-electron chi connectivity index (χ2n) is 7.16. The van der Waals surface area contributed by atoms with Gasteiger partial charge in [0.2, 0.25) is 5.52 Å². The van der Waals surface area contributed by atoms with E-state index in [1.807, 2.05) is 36.4 Å². The molecule has 0 atom stereocenters. The van der Waals surface area contributed by atoms with Crippen molar-refractivity contribution in [3.8, 4) is 0 Å². The molecule has 0 fully saturated rings. The number of thioether (sulfide) groups is 1. The molecule has 2 aliphatic rings. The number of carbonyl (C=O) groups is 1. The average molecular weight is 559 g/mol. The van der Waals surface area contributed by atoms with Gasteiger partial charge < -0.3 is 34.6 Å². The normalized spacial score (nSPS) is 18.0. The van der Waals surface area contributed by atoms with Crippen LogP contribution in [0.3, 0.4) is 0 Å². The SMILES string of the molecule is CCN1/C(=C/C2=C(N)C(=C/c3sc4ccccc4[n+]3CC)/C2=O)Sc2ccccc21.[I-]. The molecule has 2 N–H and O–H groups in total. The van der Waals surface area contributed by atoms with Crippen LogP contribution in [0.2, 0.25) is 0 Å².